The maximum atomic E-state index is 12.5. The van der Waals surface area contributed by atoms with E-state index in [0.717, 1.165) is 17.2 Å². The number of rotatable bonds is 7. The molecule has 0 saturated carbocycles. The molecule has 0 N–H and O–H groups in total. The van der Waals surface area contributed by atoms with E-state index in [1.807, 2.05) is 19.1 Å². The number of ether oxygens (including phenoxy) is 3. The van der Waals surface area contributed by atoms with Gasteiger partial charge in [0, 0.05) is 6.08 Å². The molecule has 3 rings (SSSR count). The van der Waals surface area contributed by atoms with Gasteiger partial charge in [0.2, 0.25) is 6.79 Å². The Labute approximate surface area is 175 Å². The molecule has 3 aromatic rings. The van der Waals surface area contributed by atoms with Crippen LogP contribution < -0.4 is 9.47 Å². The largest absolute Gasteiger partial charge is 0.457 e. The molecule has 0 amide bonds. The minimum absolute atomic E-state index is 0.233. The van der Waals surface area contributed by atoms with E-state index in [9.17, 15) is 9.59 Å². The van der Waals surface area contributed by atoms with E-state index >= 15 is 0 Å². The van der Waals surface area contributed by atoms with Crippen LogP contribution in [0.25, 0.3) is 11.1 Å². The Morgan fingerprint density at radius 3 is 2.13 bits per heavy atom. The van der Waals surface area contributed by atoms with E-state index in [-0.39, 0.29) is 6.79 Å². The summed E-state index contributed by atoms with van der Waals surface area (Å²) in [7, 11) is 0. The van der Waals surface area contributed by atoms with Crippen molar-refractivity contribution >= 4 is 11.9 Å². The van der Waals surface area contributed by atoms with Gasteiger partial charge in [-0.25, -0.2) is 9.59 Å². The topological polar surface area (TPSA) is 61.8 Å². The first-order valence-electron chi connectivity index (χ1n) is 9.38. The smallest absolute Gasteiger partial charge is 0.343 e. The minimum Gasteiger partial charge on any atom is -0.457 e. The van der Waals surface area contributed by atoms with Crippen molar-refractivity contribution in [1.82, 2.24) is 0 Å². The molecule has 0 bridgehead atoms. The number of hydrogen-bond donors (Lipinski definition) is 0. The van der Waals surface area contributed by atoms with Gasteiger partial charge in [0.05, 0.1) is 5.56 Å². The lowest BCUT2D eigenvalue weighted by atomic mass is 10.0. The second kappa shape index (κ2) is 9.56. The molecule has 0 radical (unpaired) electrons. The normalized spacial score (nSPS) is 10.2. The lowest BCUT2D eigenvalue weighted by Gasteiger charge is -2.11. The number of carbonyl (C=O) groups excluding carboxylic acids is 2. The predicted octanol–water partition coefficient (Wildman–Crippen LogP) is 5.26. The van der Waals surface area contributed by atoms with Crippen molar-refractivity contribution < 1.29 is 23.8 Å². The molecule has 0 heterocycles. The van der Waals surface area contributed by atoms with Gasteiger partial charge in [-0.2, -0.15) is 0 Å². The third-order valence-corrected chi connectivity index (χ3v) is 4.44. The molecule has 0 spiro atoms. The highest BCUT2D eigenvalue weighted by molar-refractivity contribution is 5.91. The monoisotopic (exact) mass is 402 g/mol. The molecule has 30 heavy (non-hydrogen) atoms. The van der Waals surface area contributed by atoms with Crippen LogP contribution in [0.2, 0.25) is 0 Å². The highest BCUT2D eigenvalue weighted by atomic mass is 16.7. The number of aryl methyl sites for hydroxylation is 2. The zero-order chi connectivity index (χ0) is 21.5. The molecule has 152 valence electrons. The van der Waals surface area contributed by atoms with E-state index in [0.29, 0.717) is 22.6 Å². The fraction of sp³-hybridized carbons (Fsp3) is 0.120. The number of carbonyl (C=O) groups is 2. The van der Waals surface area contributed by atoms with Crippen molar-refractivity contribution in [3.8, 4) is 22.6 Å². The molecule has 0 fully saturated rings. The molecular formula is C25H22O5. The summed E-state index contributed by atoms with van der Waals surface area (Å²) in [6.45, 7) is 6.91. The summed E-state index contributed by atoms with van der Waals surface area (Å²) < 4.78 is 15.6. The fourth-order valence-corrected chi connectivity index (χ4v) is 2.78. The average molecular weight is 402 g/mol. The van der Waals surface area contributed by atoms with Crippen molar-refractivity contribution in [3.63, 3.8) is 0 Å². The molecule has 3 aromatic carbocycles. The van der Waals surface area contributed by atoms with E-state index < -0.39 is 11.9 Å². The Morgan fingerprint density at radius 1 is 0.900 bits per heavy atom. The zero-order valence-electron chi connectivity index (χ0n) is 16.9. The quantitative estimate of drug-likeness (QED) is 0.234. The molecule has 0 aliphatic rings. The second-order valence-corrected chi connectivity index (χ2v) is 6.69. The Balaban J connectivity index is 1.62. The third kappa shape index (κ3) is 5.35. The summed E-state index contributed by atoms with van der Waals surface area (Å²) in [6, 6.07) is 20.5. The zero-order valence-corrected chi connectivity index (χ0v) is 16.9. The first kappa shape index (κ1) is 20.9. The van der Waals surface area contributed by atoms with Crippen LogP contribution in [0.5, 0.6) is 11.5 Å². The fourth-order valence-electron chi connectivity index (χ4n) is 2.78. The first-order chi connectivity index (χ1) is 14.5. The van der Waals surface area contributed by atoms with Gasteiger partial charge in [0.1, 0.15) is 11.5 Å². The number of benzene rings is 3. The maximum absolute atomic E-state index is 12.5. The third-order valence-electron chi connectivity index (χ3n) is 4.44. The van der Waals surface area contributed by atoms with Crippen molar-refractivity contribution in [2.45, 2.75) is 13.8 Å². The van der Waals surface area contributed by atoms with E-state index in [1.54, 1.807) is 37.3 Å². The Kier molecular flexibility index (Phi) is 6.65. The average Bonchev–Trinajstić information content (AvgIpc) is 2.75. The van der Waals surface area contributed by atoms with Gasteiger partial charge < -0.3 is 14.2 Å². The summed E-state index contributed by atoms with van der Waals surface area (Å²) in [5.74, 6) is -0.0666. The van der Waals surface area contributed by atoms with Gasteiger partial charge in [-0.15, -0.1) is 0 Å². The molecule has 0 unspecified atom stereocenters. The molecule has 5 nitrogen and oxygen atoms in total. The van der Waals surface area contributed by atoms with Crippen LogP contribution in [-0.4, -0.2) is 18.7 Å². The van der Waals surface area contributed by atoms with Crippen LogP contribution in [0.4, 0.5) is 0 Å². The molecular weight excluding hydrogens is 380 g/mol. The van der Waals surface area contributed by atoms with Crippen molar-refractivity contribution in [2.24, 2.45) is 0 Å². The van der Waals surface area contributed by atoms with Gasteiger partial charge in [-0.3, -0.25) is 0 Å². The summed E-state index contributed by atoms with van der Waals surface area (Å²) >= 11 is 0. The molecule has 0 aliphatic carbocycles. The maximum Gasteiger partial charge on any atom is 0.343 e. The van der Waals surface area contributed by atoms with E-state index in [1.165, 1.54) is 5.56 Å². The van der Waals surface area contributed by atoms with Crippen LogP contribution >= 0.6 is 0 Å². The highest BCUT2D eigenvalue weighted by Crippen LogP contribution is 2.24. The summed E-state index contributed by atoms with van der Waals surface area (Å²) in [4.78, 5) is 23.5. The minimum atomic E-state index is -0.568. The van der Waals surface area contributed by atoms with Crippen LogP contribution in [0.1, 0.15) is 21.5 Å². The standard InChI is InChI=1S/C25H22O5/c1-4-24(26)29-16-28-23-14-11-21(15-18(23)3)25(27)30-22-12-9-20(10-13-22)19-7-5-17(2)6-8-19/h4-15H,1,16H2,2-3H3. The Hall–Kier alpha value is -3.86. The lowest BCUT2D eigenvalue weighted by molar-refractivity contribution is -0.144. The van der Waals surface area contributed by atoms with Crippen molar-refractivity contribution in [2.75, 3.05) is 6.79 Å². The molecule has 0 aromatic heterocycles. The molecule has 0 aliphatic heterocycles. The Morgan fingerprint density at radius 2 is 1.53 bits per heavy atom. The van der Waals surface area contributed by atoms with Gasteiger partial charge in [0.15, 0.2) is 0 Å². The first-order valence-corrected chi connectivity index (χ1v) is 9.38. The van der Waals surface area contributed by atoms with Crippen LogP contribution in [-0.2, 0) is 9.53 Å². The lowest BCUT2D eigenvalue weighted by Crippen LogP contribution is -2.10. The van der Waals surface area contributed by atoms with Gasteiger partial charge in [0.25, 0.3) is 0 Å². The SMILES string of the molecule is C=CC(=O)OCOc1ccc(C(=O)Oc2ccc(-c3ccc(C)cc3)cc2)cc1C. The summed E-state index contributed by atoms with van der Waals surface area (Å²) in [5, 5.41) is 0. The van der Waals surface area contributed by atoms with Gasteiger partial charge in [-0.05, 0) is 60.9 Å². The number of hydrogen-bond acceptors (Lipinski definition) is 5. The second-order valence-electron chi connectivity index (χ2n) is 6.69. The van der Waals surface area contributed by atoms with Crippen LogP contribution in [0, 0.1) is 13.8 Å². The molecule has 0 atom stereocenters. The van der Waals surface area contributed by atoms with Crippen molar-refractivity contribution in [1.29, 1.82) is 0 Å². The number of esters is 2. The van der Waals surface area contributed by atoms with E-state index in [2.05, 4.69) is 30.8 Å². The summed E-state index contributed by atoms with van der Waals surface area (Å²) in [5.41, 5.74) is 4.46. The van der Waals surface area contributed by atoms with Gasteiger partial charge >= 0.3 is 11.9 Å². The molecule has 0 saturated heterocycles. The van der Waals surface area contributed by atoms with Crippen LogP contribution in [0.15, 0.2) is 79.4 Å². The predicted molar refractivity (Wildman–Crippen MR) is 115 cm³/mol. The van der Waals surface area contributed by atoms with Crippen LogP contribution in [0.3, 0.4) is 0 Å². The van der Waals surface area contributed by atoms with Crippen molar-refractivity contribution in [3.05, 3.63) is 96.1 Å². The highest BCUT2D eigenvalue weighted by Gasteiger charge is 2.12. The summed E-state index contributed by atoms with van der Waals surface area (Å²) in [6.07, 6.45) is 1.06. The van der Waals surface area contributed by atoms with E-state index in [4.69, 9.17) is 14.2 Å². The van der Waals surface area contributed by atoms with Gasteiger partial charge in [-0.1, -0.05) is 48.5 Å². The molecule has 5 heteroatoms. The Bertz CT molecular complexity index is 1050.